The molecule has 0 radical (unpaired) electrons. The summed E-state index contributed by atoms with van der Waals surface area (Å²) in [6.07, 6.45) is -0.501. The Labute approximate surface area is 274 Å². The van der Waals surface area contributed by atoms with Gasteiger partial charge in [0.2, 0.25) is 12.5 Å². The number of benzene rings is 2. The summed E-state index contributed by atoms with van der Waals surface area (Å²) in [5.41, 5.74) is 1.74. The molecular formula is C34H44N2O11. The van der Waals surface area contributed by atoms with E-state index in [2.05, 4.69) is 5.32 Å². The van der Waals surface area contributed by atoms with Gasteiger partial charge in [0.25, 0.3) is 0 Å². The van der Waals surface area contributed by atoms with Crippen LogP contribution >= 0.6 is 0 Å². The number of methoxy groups -OCH3 is 3. The van der Waals surface area contributed by atoms with Gasteiger partial charge >= 0.3 is 18.2 Å². The first kappa shape index (κ1) is 33.8. The van der Waals surface area contributed by atoms with Gasteiger partial charge in [0.1, 0.15) is 22.8 Å². The molecule has 0 aromatic heterocycles. The van der Waals surface area contributed by atoms with Crippen LogP contribution in [0.2, 0.25) is 0 Å². The van der Waals surface area contributed by atoms with Crippen LogP contribution in [-0.4, -0.2) is 75.5 Å². The van der Waals surface area contributed by atoms with Crippen LogP contribution < -0.4 is 29.0 Å². The lowest BCUT2D eigenvalue weighted by atomic mass is 9.82. The summed E-state index contributed by atoms with van der Waals surface area (Å²) in [4.78, 5) is 41.2. The SMILES string of the molecule is COc1ccc2c(c1OC)C(=O)O[C@@H]2[C@H]1c2c(c(CCCNC(=O)OC(C)(C)C)c3c(c2OC)OCO3)CCN1C(=O)OC(C)(C)C. The van der Waals surface area contributed by atoms with Gasteiger partial charge in [-0.25, -0.2) is 14.4 Å². The van der Waals surface area contributed by atoms with E-state index in [-0.39, 0.29) is 24.7 Å². The first-order valence-corrected chi connectivity index (χ1v) is 15.6. The molecule has 3 aliphatic heterocycles. The van der Waals surface area contributed by atoms with Crippen LogP contribution in [0.25, 0.3) is 0 Å². The summed E-state index contributed by atoms with van der Waals surface area (Å²) in [5, 5.41) is 2.81. The van der Waals surface area contributed by atoms with Gasteiger partial charge < -0.3 is 43.2 Å². The minimum Gasteiger partial charge on any atom is -0.493 e. The fourth-order valence-corrected chi connectivity index (χ4v) is 6.29. The van der Waals surface area contributed by atoms with E-state index in [0.29, 0.717) is 59.9 Å². The highest BCUT2D eigenvalue weighted by Crippen LogP contribution is 2.57. The minimum absolute atomic E-state index is 0.0174. The normalized spacial score (nSPS) is 18.1. The molecule has 47 heavy (non-hydrogen) atoms. The number of hydrogen-bond acceptors (Lipinski definition) is 11. The number of nitrogens with one attached hydrogen (secondary N) is 1. The van der Waals surface area contributed by atoms with E-state index in [1.807, 2.05) is 0 Å². The maximum Gasteiger partial charge on any atom is 0.410 e. The van der Waals surface area contributed by atoms with Gasteiger partial charge in [0.05, 0.1) is 21.3 Å². The van der Waals surface area contributed by atoms with Crippen LogP contribution in [0.4, 0.5) is 9.59 Å². The standard InChI is InChI=1S/C34H44N2O11/c1-33(2,3)46-31(38)35-15-10-11-19-18-14-16-36(32(39)47-34(4,5)6)24(22(18)28(42-9)29-26(19)43-17-44-29)25-20-12-13-21(40-7)27(41-8)23(20)30(37)45-25/h12-13,24-25H,10-11,14-17H2,1-9H3,(H,35,38)/t24-,25+/m1/s1. The Morgan fingerprint density at radius 3 is 2.26 bits per heavy atom. The summed E-state index contributed by atoms with van der Waals surface area (Å²) >= 11 is 0. The molecule has 5 rings (SSSR count). The summed E-state index contributed by atoms with van der Waals surface area (Å²) < 4.78 is 46.3. The topological polar surface area (TPSA) is 140 Å². The number of ether oxygens (including phenoxy) is 8. The molecule has 1 N–H and O–H groups in total. The third-order valence-corrected chi connectivity index (χ3v) is 7.97. The van der Waals surface area contributed by atoms with Gasteiger partial charge in [0.15, 0.2) is 29.1 Å². The molecule has 0 unspecified atom stereocenters. The number of rotatable bonds is 8. The van der Waals surface area contributed by atoms with Crippen LogP contribution in [0.1, 0.15) is 92.7 Å². The van der Waals surface area contributed by atoms with Crippen LogP contribution in [0.15, 0.2) is 12.1 Å². The first-order chi connectivity index (χ1) is 22.2. The highest BCUT2D eigenvalue weighted by Gasteiger charge is 2.50. The Hall–Kier alpha value is -4.55. The van der Waals surface area contributed by atoms with Crippen LogP contribution in [0.5, 0.6) is 28.7 Å². The van der Waals surface area contributed by atoms with Crippen molar-refractivity contribution in [2.75, 3.05) is 41.2 Å². The molecule has 256 valence electrons. The molecule has 0 fully saturated rings. The third-order valence-electron chi connectivity index (χ3n) is 7.97. The Morgan fingerprint density at radius 2 is 1.62 bits per heavy atom. The Morgan fingerprint density at radius 1 is 0.936 bits per heavy atom. The van der Waals surface area contributed by atoms with Crippen molar-refractivity contribution in [2.24, 2.45) is 0 Å². The Bertz CT molecular complexity index is 1560. The van der Waals surface area contributed by atoms with Crippen molar-refractivity contribution in [3.8, 4) is 28.7 Å². The van der Waals surface area contributed by atoms with Crippen molar-refractivity contribution >= 4 is 18.2 Å². The number of nitrogens with zero attached hydrogens (tertiary/aromatic N) is 1. The summed E-state index contributed by atoms with van der Waals surface area (Å²) in [6, 6.07) is 2.59. The molecule has 3 aliphatic rings. The number of carbonyl (C=O) groups is 3. The van der Waals surface area contributed by atoms with Gasteiger partial charge in [0, 0.05) is 29.8 Å². The monoisotopic (exact) mass is 656 g/mol. The zero-order valence-electron chi connectivity index (χ0n) is 28.5. The van der Waals surface area contributed by atoms with Crippen molar-refractivity contribution in [1.29, 1.82) is 0 Å². The molecular weight excluding hydrogens is 612 g/mol. The van der Waals surface area contributed by atoms with Gasteiger partial charge in [-0.15, -0.1) is 0 Å². The predicted molar refractivity (Wildman–Crippen MR) is 169 cm³/mol. The molecule has 2 aromatic carbocycles. The average Bonchev–Trinajstić information content (AvgIpc) is 3.60. The molecule has 13 heteroatoms. The van der Waals surface area contributed by atoms with Crippen molar-refractivity contribution < 1.29 is 52.3 Å². The summed E-state index contributed by atoms with van der Waals surface area (Å²) in [6.45, 7) is 11.4. The quantitative estimate of drug-likeness (QED) is 0.214. The second-order valence-corrected chi connectivity index (χ2v) is 13.5. The van der Waals surface area contributed by atoms with Crippen LogP contribution in [-0.2, 0) is 27.1 Å². The summed E-state index contributed by atoms with van der Waals surface area (Å²) in [5.74, 6) is 1.34. The molecule has 0 spiro atoms. The third kappa shape index (κ3) is 6.66. The second kappa shape index (κ2) is 12.9. The van der Waals surface area contributed by atoms with E-state index >= 15 is 0 Å². The van der Waals surface area contributed by atoms with Gasteiger partial charge in [-0.2, -0.15) is 0 Å². The molecule has 0 bridgehead atoms. The molecule has 0 saturated heterocycles. The number of esters is 1. The fourth-order valence-electron chi connectivity index (χ4n) is 6.29. The lowest BCUT2D eigenvalue weighted by Crippen LogP contribution is -2.45. The van der Waals surface area contributed by atoms with Crippen molar-refractivity contribution in [1.82, 2.24) is 10.2 Å². The molecule has 2 atom stereocenters. The van der Waals surface area contributed by atoms with E-state index in [1.54, 1.807) is 58.6 Å². The van der Waals surface area contributed by atoms with Crippen LogP contribution in [0.3, 0.4) is 0 Å². The smallest absolute Gasteiger partial charge is 0.410 e. The lowest BCUT2D eigenvalue weighted by molar-refractivity contribution is -0.0195. The second-order valence-electron chi connectivity index (χ2n) is 13.5. The highest BCUT2D eigenvalue weighted by atomic mass is 16.7. The maximum atomic E-state index is 13.9. The highest BCUT2D eigenvalue weighted by molar-refractivity contribution is 5.98. The van der Waals surface area contributed by atoms with E-state index in [4.69, 9.17) is 37.9 Å². The molecule has 2 amide bonds. The number of alkyl carbamates (subject to hydrolysis) is 1. The molecule has 2 aromatic rings. The number of amides is 2. The van der Waals surface area contributed by atoms with E-state index in [1.165, 1.54) is 21.3 Å². The molecule has 0 saturated carbocycles. The minimum atomic E-state index is -0.945. The van der Waals surface area contributed by atoms with Gasteiger partial charge in [-0.3, -0.25) is 4.90 Å². The molecule has 13 nitrogen and oxygen atoms in total. The van der Waals surface area contributed by atoms with Crippen molar-refractivity contribution in [3.05, 3.63) is 39.9 Å². The predicted octanol–water partition coefficient (Wildman–Crippen LogP) is 5.64. The van der Waals surface area contributed by atoms with Crippen molar-refractivity contribution in [3.63, 3.8) is 0 Å². The average molecular weight is 657 g/mol. The summed E-state index contributed by atoms with van der Waals surface area (Å²) in [7, 11) is 4.46. The van der Waals surface area contributed by atoms with E-state index in [9.17, 15) is 14.4 Å². The van der Waals surface area contributed by atoms with Gasteiger partial charge in [-0.1, -0.05) is 6.07 Å². The zero-order valence-corrected chi connectivity index (χ0v) is 28.5. The largest absolute Gasteiger partial charge is 0.493 e. The number of fused-ring (bicyclic) bond motifs is 3. The lowest BCUT2D eigenvalue weighted by Gasteiger charge is -2.41. The zero-order chi connectivity index (χ0) is 34.3. The maximum absolute atomic E-state index is 13.9. The number of cyclic esters (lactones) is 1. The van der Waals surface area contributed by atoms with E-state index in [0.717, 1.165) is 11.1 Å². The van der Waals surface area contributed by atoms with Crippen molar-refractivity contribution in [2.45, 2.75) is 84.2 Å². The van der Waals surface area contributed by atoms with E-state index < -0.39 is 41.5 Å². The Balaban J connectivity index is 1.62. The fraction of sp³-hybridized carbons (Fsp3) is 0.559. The molecule has 0 aliphatic carbocycles. The van der Waals surface area contributed by atoms with Crippen LogP contribution in [0, 0.1) is 0 Å². The Kier molecular flexibility index (Phi) is 9.29. The molecule has 3 heterocycles. The number of carbonyl (C=O) groups excluding carboxylic acids is 3. The first-order valence-electron chi connectivity index (χ1n) is 15.6. The van der Waals surface area contributed by atoms with Gasteiger partial charge in [-0.05, 0) is 72.4 Å². The number of hydrogen-bond donors (Lipinski definition) is 1.